The number of benzene rings is 2. The van der Waals surface area contributed by atoms with Crippen molar-refractivity contribution in [1.82, 2.24) is 10.3 Å². The average molecular weight is 447 g/mol. The van der Waals surface area contributed by atoms with Crippen molar-refractivity contribution in [1.29, 1.82) is 0 Å². The molecule has 0 radical (unpaired) electrons. The summed E-state index contributed by atoms with van der Waals surface area (Å²) in [5.74, 6) is -0.187. The minimum Gasteiger partial charge on any atom is -0.424 e. The number of pyridine rings is 1. The first-order valence-electron chi connectivity index (χ1n) is 11.7. The van der Waals surface area contributed by atoms with Crippen LogP contribution in [0.5, 0.6) is 5.75 Å². The second kappa shape index (κ2) is 8.43. The molecule has 0 fully saturated rings. The summed E-state index contributed by atoms with van der Waals surface area (Å²) in [7, 11) is 0. The van der Waals surface area contributed by atoms with Gasteiger partial charge in [-0.2, -0.15) is 0 Å². The first kappa shape index (κ1) is 21.9. The van der Waals surface area contributed by atoms with Gasteiger partial charge in [-0.3, -0.25) is 9.59 Å². The zero-order chi connectivity index (χ0) is 23.2. The van der Waals surface area contributed by atoms with Gasteiger partial charge < -0.3 is 20.1 Å². The highest BCUT2D eigenvalue weighted by atomic mass is 16.5. The Morgan fingerprint density at radius 1 is 1.09 bits per heavy atom. The highest BCUT2D eigenvalue weighted by Gasteiger charge is 2.34. The van der Waals surface area contributed by atoms with Crippen LogP contribution in [0.15, 0.2) is 41.2 Å². The molecule has 0 saturated carbocycles. The third kappa shape index (κ3) is 4.33. The smallest absolute Gasteiger partial charge is 0.308 e. The van der Waals surface area contributed by atoms with E-state index in [0.717, 1.165) is 12.8 Å². The van der Waals surface area contributed by atoms with Gasteiger partial charge in [0.15, 0.2) is 5.75 Å². The van der Waals surface area contributed by atoms with Crippen LogP contribution in [-0.2, 0) is 30.5 Å². The Bertz CT molecular complexity index is 1260. The van der Waals surface area contributed by atoms with Crippen molar-refractivity contribution >= 4 is 16.9 Å². The van der Waals surface area contributed by atoms with Gasteiger partial charge in [0.2, 0.25) is 5.56 Å². The number of aliphatic hydroxyl groups excluding tert-OH is 1. The number of β-amino-alcohol motifs (C(OH)–C–C–N with tert-alkyl or cyclic N) is 1. The number of nitrogens with one attached hydrogen (secondary N) is 2. The number of aryl methyl sites for hydroxylation is 2. The van der Waals surface area contributed by atoms with E-state index in [1.807, 2.05) is 0 Å². The van der Waals surface area contributed by atoms with Gasteiger partial charge in [-0.1, -0.05) is 18.2 Å². The Labute approximate surface area is 193 Å². The Hall–Kier alpha value is -2.96. The molecular formula is C27H30N2O4. The van der Waals surface area contributed by atoms with E-state index < -0.39 is 12.1 Å². The van der Waals surface area contributed by atoms with Gasteiger partial charge in [0, 0.05) is 30.5 Å². The number of fused-ring (bicyclic) bond motifs is 3. The van der Waals surface area contributed by atoms with Crippen LogP contribution < -0.4 is 15.6 Å². The first-order chi connectivity index (χ1) is 15.8. The summed E-state index contributed by atoms with van der Waals surface area (Å²) in [5, 5.41) is 15.3. The number of carbonyl (C=O) groups excluding carboxylic acids is 1. The molecule has 3 aromatic rings. The molecule has 2 aromatic carbocycles. The monoisotopic (exact) mass is 446 g/mol. The summed E-state index contributed by atoms with van der Waals surface area (Å²) in [4.78, 5) is 26.1. The molecule has 1 heterocycles. The topological polar surface area (TPSA) is 91.4 Å². The van der Waals surface area contributed by atoms with Crippen LogP contribution in [0.4, 0.5) is 0 Å². The lowest BCUT2D eigenvalue weighted by atomic mass is 9.89. The van der Waals surface area contributed by atoms with Gasteiger partial charge in [0.1, 0.15) is 0 Å². The predicted octanol–water partition coefficient (Wildman–Crippen LogP) is 3.51. The van der Waals surface area contributed by atoms with Crippen molar-refractivity contribution in [2.45, 2.75) is 64.0 Å². The lowest BCUT2D eigenvalue weighted by molar-refractivity contribution is -0.131. The van der Waals surface area contributed by atoms with E-state index in [1.54, 1.807) is 18.2 Å². The third-order valence-corrected chi connectivity index (χ3v) is 7.05. The maximum Gasteiger partial charge on any atom is 0.308 e. The molecule has 3 N–H and O–H groups in total. The molecule has 33 heavy (non-hydrogen) atoms. The van der Waals surface area contributed by atoms with Crippen molar-refractivity contribution in [3.8, 4) is 5.75 Å². The van der Waals surface area contributed by atoms with Crippen LogP contribution in [-0.4, -0.2) is 28.1 Å². The number of rotatable bonds is 5. The number of esters is 1. The van der Waals surface area contributed by atoms with Crippen LogP contribution in [0.25, 0.3) is 10.9 Å². The minimum atomic E-state index is -0.779. The fraction of sp³-hybridized carbons (Fsp3) is 0.407. The largest absolute Gasteiger partial charge is 0.424 e. The highest BCUT2D eigenvalue weighted by Crippen LogP contribution is 2.35. The van der Waals surface area contributed by atoms with Crippen molar-refractivity contribution in [3.05, 3.63) is 74.6 Å². The number of hydrogen-bond donors (Lipinski definition) is 3. The van der Waals surface area contributed by atoms with Crippen LogP contribution >= 0.6 is 0 Å². The Balaban J connectivity index is 1.35. The Kier molecular flexibility index (Phi) is 5.59. The zero-order valence-electron chi connectivity index (χ0n) is 19.2. The summed E-state index contributed by atoms with van der Waals surface area (Å²) < 4.78 is 5.25. The summed E-state index contributed by atoms with van der Waals surface area (Å²) in [6.07, 6.45) is 6.04. The maximum absolute atomic E-state index is 11.9. The molecule has 1 aromatic heterocycles. The number of carbonyl (C=O) groups is 1. The van der Waals surface area contributed by atoms with E-state index in [-0.39, 0.29) is 16.8 Å². The van der Waals surface area contributed by atoms with Crippen LogP contribution in [0.1, 0.15) is 60.6 Å². The molecule has 5 rings (SSSR count). The van der Waals surface area contributed by atoms with E-state index >= 15 is 0 Å². The SMILES string of the molecule is CC(=O)Oc1ccc([C@@H](O)CNC2(C)Cc3cc4c(cc3C2)CCCC4)c2ccc(=O)[nH]c12. The molecule has 1 atom stereocenters. The Morgan fingerprint density at radius 3 is 2.39 bits per heavy atom. The number of H-pyrrole nitrogens is 1. The van der Waals surface area contributed by atoms with E-state index in [1.165, 1.54) is 60.9 Å². The summed E-state index contributed by atoms with van der Waals surface area (Å²) in [6.45, 7) is 3.92. The fourth-order valence-corrected chi connectivity index (χ4v) is 5.48. The van der Waals surface area contributed by atoms with E-state index in [9.17, 15) is 14.7 Å². The van der Waals surface area contributed by atoms with Gasteiger partial charge in [0.05, 0.1) is 11.6 Å². The molecule has 0 saturated heterocycles. The molecule has 172 valence electrons. The number of aliphatic hydroxyl groups is 1. The molecule has 0 unspecified atom stereocenters. The van der Waals surface area contributed by atoms with Gasteiger partial charge in [-0.25, -0.2) is 0 Å². The minimum absolute atomic E-state index is 0.116. The van der Waals surface area contributed by atoms with Gasteiger partial charge >= 0.3 is 5.97 Å². The average Bonchev–Trinajstić information content (AvgIpc) is 3.11. The highest BCUT2D eigenvalue weighted by molar-refractivity contribution is 5.89. The lowest BCUT2D eigenvalue weighted by Crippen LogP contribution is -2.45. The summed E-state index contributed by atoms with van der Waals surface area (Å²) in [6, 6.07) is 11.3. The maximum atomic E-state index is 11.9. The third-order valence-electron chi connectivity index (χ3n) is 7.05. The second-order valence-electron chi connectivity index (χ2n) is 9.77. The first-order valence-corrected chi connectivity index (χ1v) is 11.7. The molecule has 0 bridgehead atoms. The quantitative estimate of drug-likeness (QED) is 0.412. The van der Waals surface area contributed by atoms with Crippen molar-refractivity contribution in [2.75, 3.05) is 6.54 Å². The summed E-state index contributed by atoms with van der Waals surface area (Å²) in [5.41, 5.74) is 6.56. The molecule has 6 nitrogen and oxygen atoms in total. The van der Waals surface area contributed by atoms with E-state index in [0.29, 0.717) is 23.0 Å². The van der Waals surface area contributed by atoms with Gasteiger partial charge in [-0.15, -0.1) is 0 Å². The molecule has 2 aliphatic rings. The number of aromatic amines is 1. The lowest BCUT2D eigenvalue weighted by Gasteiger charge is -2.27. The summed E-state index contributed by atoms with van der Waals surface area (Å²) >= 11 is 0. The molecule has 0 spiro atoms. The van der Waals surface area contributed by atoms with Crippen LogP contribution in [0.2, 0.25) is 0 Å². The molecule has 0 amide bonds. The van der Waals surface area contributed by atoms with E-state index in [2.05, 4.69) is 29.4 Å². The normalized spacial score (nSPS) is 17.4. The van der Waals surface area contributed by atoms with Crippen molar-refractivity contribution < 1.29 is 14.6 Å². The molecular weight excluding hydrogens is 416 g/mol. The molecule has 2 aliphatic carbocycles. The van der Waals surface area contributed by atoms with Gasteiger partial charge in [-0.05, 0) is 85.4 Å². The predicted molar refractivity (Wildman–Crippen MR) is 128 cm³/mol. The standard InChI is InChI=1S/C27H30N2O4/c1-16(30)33-24-9-7-21(22-8-10-25(32)29-26(22)24)23(31)15-28-27(2)13-19-11-17-5-3-4-6-18(17)12-20(19)14-27/h7-12,23,28,31H,3-6,13-15H2,1-2H3,(H,29,32)/t23-/m0/s1. The molecule has 6 heteroatoms. The molecule has 0 aliphatic heterocycles. The Morgan fingerprint density at radius 2 is 1.76 bits per heavy atom. The van der Waals surface area contributed by atoms with Crippen LogP contribution in [0.3, 0.4) is 0 Å². The number of ether oxygens (including phenoxy) is 1. The van der Waals surface area contributed by atoms with E-state index in [4.69, 9.17) is 4.74 Å². The number of hydrogen-bond acceptors (Lipinski definition) is 5. The van der Waals surface area contributed by atoms with Crippen molar-refractivity contribution in [2.24, 2.45) is 0 Å². The fourth-order valence-electron chi connectivity index (χ4n) is 5.48. The van der Waals surface area contributed by atoms with Crippen LogP contribution in [0, 0.1) is 0 Å². The second-order valence-corrected chi connectivity index (χ2v) is 9.77. The zero-order valence-corrected chi connectivity index (χ0v) is 19.2. The van der Waals surface area contributed by atoms with Crippen molar-refractivity contribution in [3.63, 3.8) is 0 Å². The van der Waals surface area contributed by atoms with Gasteiger partial charge in [0.25, 0.3) is 0 Å². The number of aromatic nitrogens is 1.